The molecule has 22 heavy (non-hydrogen) atoms. The third-order valence-electron chi connectivity index (χ3n) is 3.27. The van der Waals surface area contributed by atoms with E-state index < -0.39 is 0 Å². The van der Waals surface area contributed by atoms with E-state index in [9.17, 15) is 0 Å². The van der Waals surface area contributed by atoms with Crippen molar-refractivity contribution < 1.29 is 0 Å². The first-order chi connectivity index (χ1) is 10.9. The van der Waals surface area contributed by atoms with Crippen molar-refractivity contribution in [3.8, 4) is 5.82 Å². The highest BCUT2D eigenvalue weighted by Gasteiger charge is 2.04. The third kappa shape index (κ3) is 2.42. The number of nitrogens with zero attached hydrogens (tertiary/aromatic N) is 5. The molecule has 4 heterocycles. The Labute approximate surface area is 130 Å². The molecule has 4 aromatic heterocycles. The van der Waals surface area contributed by atoms with Crippen LogP contribution in [0.5, 0.6) is 0 Å². The molecule has 0 amide bonds. The van der Waals surface area contributed by atoms with Gasteiger partial charge in [-0.25, -0.2) is 19.6 Å². The Kier molecular flexibility index (Phi) is 3.24. The lowest BCUT2D eigenvalue weighted by Gasteiger charge is -2.07. The zero-order chi connectivity index (χ0) is 14.8. The van der Waals surface area contributed by atoms with E-state index in [1.807, 2.05) is 42.0 Å². The number of thiophene rings is 1. The van der Waals surface area contributed by atoms with Crippen LogP contribution in [0.3, 0.4) is 0 Å². The smallest absolute Gasteiger partial charge is 0.153 e. The van der Waals surface area contributed by atoms with Crippen LogP contribution in [0.15, 0.2) is 54.6 Å². The minimum Gasteiger partial charge on any atom is -0.365 e. The predicted octanol–water partition coefficient (Wildman–Crippen LogP) is 2.88. The Bertz CT molecular complexity index is 882. The summed E-state index contributed by atoms with van der Waals surface area (Å²) in [4.78, 5) is 14.0. The molecule has 0 saturated heterocycles. The fraction of sp³-hybridized carbons (Fsp3) is 0.0667. The predicted molar refractivity (Wildman–Crippen MR) is 86.1 cm³/mol. The molecule has 4 aromatic rings. The average Bonchev–Trinajstić information content (AvgIpc) is 3.24. The molecule has 1 N–H and O–H groups in total. The van der Waals surface area contributed by atoms with E-state index in [-0.39, 0.29) is 0 Å². The molecule has 4 rings (SSSR count). The van der Waals surface area contributed by atoms with Crippen molar-refractivity contribution in [3.63, 3.8) is 0 Å². The Morgan fingerprint density at radius 1 is 1.14 bits per heavy atom. The monoisotopic (exact) mass is 308 g/mol. The molecular weight excluding hydrogens is 296 g/mol. The Morgan fingerprint density at radius 2 is 2.14 bits per heavy atom. The summed E-state index contributed by atoms with van der Waals surface area (Å²) in [6.45, 7) is 0.661. The summed E-state index contributed by atoms with van der Waals surface area (Å²) >= 11 is 1.61. The van der Waals surface area contributed by atoms with Gasteiger partial charge in [-0.05, 0) is 29.1 Å². The van der Waals surface area contributed by atoms with Gasteiger partial charge in [0.05, 0.1) is 5.39 Å². The Balaban J connectivity index is 1.51. The molecule has 0 spiro atoms. The average molecular weight is 308 g/mol. The summed E-state index contributed by atoms with van der Waals surface area (Å²) in [5.74, 6) is 1.65. The first kappa shape index (κ1) is 12.9. The largest absolute Gasteiger partial charge is 0.365 e. The number of fused-ring (bicyclic) bond motifs is 1. The van der Waals surface area contributed by atoms with Gasteiger partial charge in [-0.1, -0.05) is 6.07 Å². The van der Waals surface area contributed by atoms with Crippen LogP contribution in [0.2, 0.25) is 0 Å². The molecule has 0 bridgehead atoms. The molecule has 0 aliphatic carbocycles. The standard InChI is InChI=1S/C15H12N6S/c1-5-20-21(6-1)13-3-2-11(8-16-13)9-17-14-12-4-7-22-15(12)19-10-18-14/h1-8,10H,9H2,(H,17,18,19). The summed E-state index contributed by atoms with van der Waals surface area (Å²) in [5, 5.41) is 10.6. The molecule has 0 aromatic carbocycles. The van der Waals surface area contributed by atoms with Crippen LogP contribution in [-0.2, 0) is 6.54 Å². The normalized spacial score (nSPS) is 10.9. The number of hydrogen-bond donors (Lipinski definition) is 1. The van der Waals surface area contributed by atoms with Gasteiger partial charge in [0.1, 0.15) is 17.0 Å². The fourth-order valence-electron chi connectivity index (χ4n) is 2.18. The summed E-state index contributed by atoms with van der Waals surface area (Å²) < 4.78 is 1.73. The van der Waals surface area contributed by atoms with E-state index in [1.165, 1.54) is 0 Å². The molecule has 0 atom stereocenters. The number of nitrogens with one attached hydrogen (secondary N) is 1. The Hall–Kier alpha value is -2.80. The quantitative estimate of drug-likeness (QED) is 0.628. The van der Waals surface area contributed by atoms with Crippen LogP contribution in [0.1, 0.15) is 5.56 Å². The minimum atomic E-state index is 0.661. The lowest BCUT2D eigenvalue weighted by Crippen LogP contribution is -2.04. The van der Waals surface area contributed by atoms with Crippen LogP contribution in [0, 0.1) is 0 Å². The maximum absolute atomic E-state index is 4.42. The molecule has 0 fully saturated rings. The van der Waals surface area contributed by atoms with Crippen LogP contribution < -0.4 is 5.32 Å². The van der Waals surface area contributed by atoms with Gasteiger partial charge in [0.2, 0.25) is 0 Å². The van der Waals surface area contributed by atoms with Gasteiger partial charge in [0.15, 0.2) is 5.82 Å². The maximum atomic E-state index is 4.42. The highest BCUT2D eigenvalue weighted by atomic mass is 32.1. The number of hydrogen-bond acceptors (Lipinski definition) is 6. The lowest BCUT2D eigenvalue weighted by molar-refractivity contribution is 0.843. The van der Waals surface area contributed by atoms with Gasteiger partial charge in [0.25, 0.3) is 0 Å². The van der Waals surface area contributed by atoms with Crippen LogP contribution in [0.25, 0.3) is 16.0 Å². The van der Waals surface area contributed by atoms with E-state index in [0.717, 1.165) is 27.4 Å². The number of aromatic nitrogens is 5. The lowest BCUT2D eigenvalue weighted by atomic mass is 10.2. The van der Waals surface area contributed by atoms with E-state index in [2.05, 4.69) is 25.4 Å². The molecule has 0 saturated carbocycles. The van der Waals surface area contributed by atoms with Gasteiger partial charge in [-0.15, -0.1) is 11.3 Å². The summed E-state index contributed by atoms with van der Waals surface area (Å²) in [7, 11) is 0. The molecule has 0 aliphatic rings. The van der Waals surface area contributed by atoms with Crippen molar-refractivity contribution in [2.24, 2.45) is 0 Å². The van der Waals surface area contributed by atoms with Gasteiger partial charge in [-0.3, -0.25) is 0 Å². The van der Waals surface area contributed by atoms with Crippen LogP contribution >= 0.6 is 11.3 Å². The zero-order valence-electron chi connectivity index (χ0n) is 11.5. The van der Waals surface area contributed by atoms with Gasteiger partial charge in [0, 0.05) is 25.1 Å². The first-order valence-corrected chi connectivity index (χ1v) is 7.65. The van der Waals surface area contributed by atoms with Crippen LogP contribution in [-0.4, -0.2) is 24.7 Å². The van der Waals surface area contributed by atoms with Gasteiger partial charge < -0.3 is 5.32 Å². The molecule has 108 valence electrons. The molecule has 0 radical (unpaired) electrons. The SMILES string of the molecule is c1cnn(-c2ccc(CNc3ncnc4sccc34)cn2)c1. The number of anilines is 1. The van der Waals surface area contributed by atoms with E-state index >= 15 is 0 Å². The zero-order valence-corrected chi connectivity index (χ0v) is 12.4. The van der Waals surface area contributed by atoms with Crippen LogP contribution in [0.4, 0.5) is 5.82 Å². The summed E-state index contributed by atoms with van der Waals surface area (Å²) in [6, 6.07) is 7.88. The molecule has 6 nitrogen and oxygen atoms in total. The number of pyridine rings is 1. The second-order valence-electron chi connectivity index (χ2n) is 4.69. The van der Waals surface area contributed by atoms with Crippen molar-refractivity contribution in [1.29, 1.82) is 0 Å². The minimum absolute atomic E-state index is 0.661. The van der Waals surface area contributed by atoms with E-state index in [4.69, 9.17) is 0 Å². The topological polar surface area (TPSA) is 68.5 Å². The van der Waals surface area contributed by atoms with Crippen molar-refractivity contribution >= 4 is 27.4 Å². The highest BCUT2D eigenvalue weighted by Crippen LogP contribution is 2.23. The first-order valence-electron chi connectivity index (χ1n) is 6.77. The van der Waals surface area contributed by atoms with Crippen molar-refractivity contribution in [1.82, 2.24) is 24.7 Å². The van der Waals surface area contributed by atoms with E-state index in [0.29, 0.717) is 6.54 Å². The van der Waals surface area contributed by atoms with Crippen molar-refractivity contribution in [3.05, 3.63) is 60.1 Å². The van der Waals surface area contributed by atoms with Crippen molar-refractivity contribution in [2.75, 3.05) is 5.32 Å². The van der Waals surface area contributed by atoms with E-state index in [1.54, 1.807) is 28.5 Å². The molecule has 0 aliphatic heterocycles. The fourth-order valence-corrected chi connectivity index (χ4v) is 2.91. The highest BCUT2D eigenvalue weighted by molar-refractivity contribution is 7.16. The molecule has 0 unspecified atom stereocenters. The number of rotatable bonds is 4. The molecular formula is C15H12N6S. The molecule has 7 heteroatoms. The second kappa shape index (κ2) is 5.53. The van der Waals surface area contributed by atoms with Gasteiger partial charge in [-0.2, -0.15) is 5.10 Å². The van der Waals surface area contributed by atoms with Crippen molar-refractivity contribution in [2.45, 2.75) is 6.54 Å². The second-order valence-corrected chi connectivity index (χ2v) is 5.59. The maximum Gasteiger partial charge on any atom is 0.153 e. The Morgan fingerprint density at radius 3 is 2.95 bits per heavy atom. The summed E-state index contributed by atoms with van der Waals surface area (Å²) in [5.41, 5.74) is 1.08. The third-order valence-corrected chi connectivity index (χ3v) is 4.09. The van der Waals surface area contributed by atoms with Gasteiger partial charge >= 0.3 is 0 Å². The summed E-state index contributed by atoms with van der Waals surface area (Å²) in [6.07, 6.45) is 7.03.